The molecule has 1 aliphatic heterocycles. The van der Waals surface area contributed by atoms with Crippen LogP contribution in [0.4, 0.5) is 0 Å². The number of carbonyl (C=O) groups excluding carboxylic acids is 1. The smallest absolute Gasteiger partial charge is 0.226 e. The van der Waals surface area contributed by atoms with Crippen molar-refractivity contribution in [2.24, 2.45) is 5.92 Å². The number of hydrogen-bond donors (Lipinski definition) is 0. The summed E-state index contributed by atoms with van der Waals surface area (Å²) in [5, 5.41) is 0. The second-order valence-corrected chi connectivity index (χ2v) is 5.49. The lowest BCUT2D eigenvalue weighted by atomic mass is 10.1. The van der Waals surface area contributed by atoms with Crippen LogP contribution in [0.5, 0.6) is 0 Å². The number of hydrogen-bond acceptors (Lipinski definition) is 2. The SMILES string of the molecule is CN1CCN(C(=O)[C@@H]2CC2c2ccccc2)CC1. The van der Waals surface area contributed by atoms with Gasteiger partial charge in [0.1, 0.15) is 0 Å². The molecule has 1 unspecified atom stereocenters. The zero-order valence-corrected chi connectivity index (χ0v) is 10.9. The van der Waals surface area contributed by atoms with Gasteiger partial charge in [-0.25, -0.2) is 0 Å². The molecule has 96 valence electrons. The first kappa shape index (κ1) is 11.7. The van der Waals surface area contributed by atoms with E-state index in [0.29, 0.717) is 11.8 Å². The highest BCUT2D eigenvalue weighted by Crippen LogP contribution is 2.48. The third kappa shape index (κ3) is 2.27. The molecule has 0 radical (unpaired) electrons. The van der Waals surface area contributed by atoms with Gasteiger partial charge in [-0.05, 0) is 24.9 Å². The topological polar surface area (TPSA) is 23.6 Å². The second-order valence-electron chi connectivity index (χ2n) is 5.49. The van der Waals surface area contributed by atoms with Gasteiger partial charge in [-0.3, -0.25) is 4.79 Å². The maximum absolute atomic E-state index is 12.4. The molecule has 1 aromatic rings. The van der Waals surface area contributed by atoms with E-state index in [9.17, 15) is 4.79 Å². The van der Waals surface area contributed by atoms with E-state index >= 15 is 0 Å². The Balaban J connectivity index is 1.59. The molecule has 2 atom stereocenters. The standard InChI is InChI=1S/C15H20N2O/c1-16-7-9-17(10-8-16)15(18)14-11-13(14)12-5-3-2-4-6-12/h2-6,13-14H,7-11H2,1H3/t13?,14-/m1/s1. The summed E-state index contributed by atoms with van der Waals surface area (Å²) in [5.74, 6) is 1.09. The molecule has 18 heavy (non-hydrogen) atoms. The number of nitrogens with zero attached hydrogens (tertiary/aromatic N) is 2. The van der Waals surface area contributed by atoms with E-state index in [2.05, 4.69) is 36.2 Å². The van der Waals surface area contributed by atoms with Crippen LogP contribution in [-0.2, 0) is 4.79 Å². The van der Waals surface area contributed by atoms with Crippen LogP contribution in [0.3, 0.4) is 0 Å². The summed E-state index contributed by atoms with van der Waals surface area (Å²) in [5.41, 5.74) is 1.32. The lowest BCUT2D eigenvalue weighted by molar-refractivity contribution is -0.134. The molecule has 1 aromatic carbocycles. The van der Waals surface area contributed by atoms with Crippen LogP contribution in [0.2, 0.25) is 0 Å². The minimum Gasteiger partial charge on any atom is -0.340 e. The van der Waals surface area contributed by atoms with Crippen molar-refractivity contribution in [2.45, 2.75) is 12.3 Å². The Morgan fingerprint density at radius 3 is 2.44 bits per heavy atom. The summed E-state index contributed by atoms with van der Waals surface area (Å²) >= 11 is 0. The fourth-order valence-electron chi connectivity index (χ4n) is 2.80. The Morgan fingerprint density at radius 2 is 1.78 bits per heavy atom. The third-order valence-corrected chi connectivity index (χ3v) is 4.15. The largest absolute Gasteiger partial charge is 0.340 e. The Labute approximate surface area is 108 Å². The fourth-order valence-corrected chi connectivity index (χ4v) is 2.80. The first-order chi connectivity index (χ1) is 8.75. The molecule has 1 saturated heterocycles. The molecule has 0 aromatic heterocycles. The molecule has 3 nitrogen and oxygen atoms in total. The minimum atomic E-state index is 0.246. The number of likely N-dealkylation sites (N-methyl/N-ethyl adjacent to an activating group) is 1. The number of rotatable bonds is 2. The predicted molar refractivity (Wildman–Crippen MR) is 71.4 cm³/mol. The molecule has 1 aliphatic carbocycles. The Morgan fingerprint density at radius 1 is 1.11 bits per heavy atom. The second kappa shape index (κ2) is 4.73. The quantitative estimate of drug-likeness (QED) is 0.788. The predicted octanol–water partition coefficient (Wildman–Crippen LogP) is 1.56. The van der Waals surface area contributed by atoms with Crippen LogP contribution in [0.15, 0.2) is 30.3 Å². The normalized spacial score (nSPS) is 28.2. The van der Waals surface area contributed by atoms with Crippen molar-refractivity contribution in [1.82, 2.24) is 9.80 Å². The third-order valence-electron chi connectivity index (χ3n) is 4.15. The van der Waals surface area contributed by atoms with Crippen LogP contribution in [0.25, 0.3) is 0 Å². The summed E-state index contributed by atoms with van der Waals surface area (Å²) < 4.78 is 0. The fraction of sp³-hybridized carbons (Fsp3) is 0.533. The van der Waals surface area contributed by atoms with Crippen LogP contribution < -0.4 is 0 Å². The first-order valence-electron chi connectivity index (χ1n) is 6.78. The lowest BCUT2D eigenvalue weighted by Crippen LogP contribution is -2.47. The van der Waals surface area contributed by atoms with Crippen LogP contribution in [0, 0.1) is 5.92 Å². The van der Waals surface area contributed by atoms with Crippen molar-refractivity contribution in [3.63, 3.8) is 0 Å². The van der Waals surface area contributed by atoms with Gasteiger partial charge in [-0.1, -0.05) is 30.3 Å². The van der Waals surface area contributed by atoms with Gasteiger partial charge in [-0.15, -0.1) is 0 Å². The number of carbonyl (C=O) groups is 1. The summed E-state index contributed by atoms with van der Waals surface area (Å²) in [7, 11) is 2.12. The number of benzene rings is 1. The molecular weight excluding hydrogens is 224 g/mol. The summed E-state index contributed by atoms with van der Waals surface area (Å²) in [4.78, 5) is 16.7. The average Bonchev–Trinajstić information content (AvgIpc) is 3.20. The van der Waals surface area contributed by atoms with Crippen molar-refractivity contribution in [1.29, 1.82) is 0 Å². The molecule has 0 N–H and O–H groups in total. The Bertz CT molecular complexity index is 423. The molecule has 2 aliphatic rings. The summed E-state index contributed by atoms with van der Waals surface area (Å²) in [6.45, 7) is 3.81. The van der Waals surface area contributed by atoms with E-state index in [1.807, 2.05) is 11.0 Å². The highest BCUT2D eigenvalue weighted by molar-refractivity contribution is 5.83. The lowest BCUT2D eigenvalue weighted by Gasteiger charge is -2.32. The van der Waals surface area contributed by atoms with Gasteiger partial charge in [0.15, 0.2) is 0 Å². The summed E-state index contributed by atoms with van der Waals surface area (Å²) in [6, 6.07) is 10.4. The zero-order valence-electron chi connectivity index (χ0n) is 10.9. The number of amides is 1. The van der Waals surface area contributed by atoms with E-state index in [1.165, 1.54) is 5.56 Å². The van der Waals surface area contributed by atoms with Crippen molar-refractivity contribution in [2.75, 3.05) is 33.2 Å². The van der Waals surface area contributed by atoms with E-state index in [-0.39, 0.29) is 5.92 Å². The van der Waals surface area contributed by atoms with Crippen molar-refractivity contribution in [3.05, 3.63) is 35.9 Å². The molecule has 1 saturated carbocycles. The van der Waals surface area contributed by atoms with Crippen LogP contribution in [0.1, 0.15) is 17.9 Å². The van der Waals surface area contributed by atoms with Crippen LogP contribution in [-0.4, -0.2) is 48.9 Å². The van der Waals surface area contributed by atoms with Gasteiger partial charge < -0.3 is 9.80 Å². The molecule has 3 rings (SSSR count). The monoisotopic (exact) mass is 244 g/mol. The molecule has 3 heteroatoms. The maximum atomic E-state index is 12.4. The van der Waals surface area contributed by atoms with Gasteiger partial charge in [0.2, 0.25) is 5.91 Å². The van der Waals surface area contributed by atoms with E-state index in [0.717, 1.165) is 32.6 Å². The first-order valence-corrected chi connectivity index (χ1v) is 6.78. The van der Waals surface area contributed by atoms with Gasteiger partial charge in [-0.2, -0.15) is 0 Å². The molecule has 0 spiro atoms. The number of piperazine rings is 1. The van der Waals surface area contributed by atoms with Gasteiger partial charge >= 0.3 is 0 Å². The highest BCUT2D eigenvalue weighted by atomic mass is 16.2. The Kier molecular flexibility index (Phi) is 3.08. The summed E-state index contributed by atoms with van der Waals surface area (Å²) in [6.07, 6.45) is 1.04. The molecule has 1 amide bonds. The molecular formula is C15H20N2O. The van der Waals surface area contributed by atoms with Crippen molar-refractivity contribution in [3.8, 4) is 0 Å². The maximum Gasteiger partial charge on any atom is 0.226 e. The van der Waals surface area contributed by atoms with Gasteiger partial charge in [0.25, 0.3) is 0 Å². The van der Waals surface area contributed by atoms with Gasteiger partial charge in [0, 0.05) is 32.1 Å². The minimum absolute atomic E-state index is 0.246. The van der Waals surface area contributed by atoms with E-state index in [1.54, 1.807) is 0 Å². The average molecular weight is 244 g/mol. The van der Waals surface area contributed by atoms with E-state index < -0.39 is 0 Å². The van der Waals surface area contributed by atoms with Crippen LogP contribution >= 0.6 is 0 Å². The van der Waals surface area contributed by atoms with Gasteiger partial charge in [0.05, 0.1) is 0 Å². The Hall–Kier alpha value is -1.35. The zero-order chi connectivity index (χ0) is 12.5. The molecule has 1 heterocycles. The van der Waals surface area contributed by atoms with E-state index in [4.69, 9.17) is 0 Å². The molecule has 0 bridgehead atoms. The molecule has 2 fully saturated rings. The highest BCUT2D eigenvalue weighted by Gasteiger charge is 2.45. The van der Waals surface area contributed by atoms with Crippen molar-refractivity contribution < 1.29 is 4.79 Å². The van der Waals surface area contributed by atoms with Crippen molar-refractivity contribution >= 4 is 5.91 Å².